The molecule has 0 unspecified atom stereocenters. The third-order valence-electron chi connectivity index (χ3n) is 15.6. The quantitative estimate of drug-likeness (QED) is 0.158. The van der Waals surface area contributed by atoms with Gasteiger partial charge in [-0.15, -0.1) is 11.3 Å². The molecule has 2 heterocycles. The van der Waals surface area contributed by atoms with Crippen molar-refractivity contribution < 1.29 is 0 Å². The molecule has 72 heavy (non-hydrogen) atoms. The number of hydrogen-bond donors (Lipinski definition) is 0. The Morgan fingerprint density at radius 2 is 0.653 bits per heavy atom. The molecule has 0 N–H and O–H groups in total. The van der Waals surface area contributed by atoms with Crippen molar-refractivity contribution in [3.8, 4) is 55.6 Å². The second-order valence-electron chi connectivity index (χ2n) is 19.3. The Hall–Kier alpha value is -8.53. The van der Waals surface area contributed by atoms with E-state index in [2.05, 4.69) is 243 Å². The van der Waals surface area contributed by atoms with Crippen molar-refractivity contribution in [2.24, 2.45) is 0 Å². The second-order valence-corrected chi connectivity index (χ2v) is 21.5. The predicted molar refractivity (Wildman–Crippen MR) is 313 cm³/mol. The summed E-state index contributed by atoms with van der Waals surface area (Å²) in [5, 5.41) is 20.6. The fraction of sp³-hybridized carbons (Fsp3) is 0. The zero-order chi connectivity index (χ0) is 47.0. The Morgan fingerprint density at radius 1 is 0.222 bits per heavy atom. The van der Waals surface area contributed by atoms with E-state index in [1.54, 1.807) is 0 Å². The zero-order valence-electron chi connectivity index (χ0n) is 38.9. The molecule has 332 valence electrons. The molecule has 0 radical (unpaired) electrons. The monoisotopic (exact) mass is 944 g/mol. The van der Waals surface area contributed by atoms with Crippen molar-refractivity contribution >= 4 is 119 Å². The highest BCUT2D eigenvalue weighted by atomic mass is 32.2. The molecule has 1 aliphatic heterocycles. The summed E-state index contributed by atoms with van der Waals surface area (Å²) in [6.07, 6.45) is 0. The molecule has 14 aromatic carbocycles. The van der Waals surface area contributed by atoms with Crippen LogP contribution in [-0.4, -0.2) is 0 Å². The average molecular weight is 945 g/mol. The lowest BCUT2D eigenvalue weighted by molar-refractivity contribution is 1.40. The smallest absolute Gasteiger partial charge is 0.0368 e. The second kappa shape index (κ2) is 15.5. The molecule has 0 fully saturated rings. The van der Waals surface area contributed by atoms with E-state index in [-0.39, 0.29) is 0 Å². The Balaban J connectivity index is 0.867. The number of hydrogen-bond acceptors (Lipinski definition) is 2. The number of benzene rings is 14. The summed E-state index contributed by atoms with van der Waals surface area (Å²) in [5.74, 6) is 0. The van der Waals surface area contributed by atoms with Crippen molar-refractivity contribution in [2.45, 2.75) is 9.79 Å². The van der Waals surface area contributed by atoms with Crippen LogP contribution < -0.4 is 0 Å². The summed E-state index contributed by atoms with van der Waals surface area (Å²) in [7, 11) is 0. The minimum Gasteiger partial charge on any atom is -0.135 e. The van der Waals surface area contributed by atoms with E-state index < -0.39 is 0 Å². The SMILES string of the molecule is c1ccc2c(-c3c4ccccc4c(-c4ccc5c(c4)Sc4cccc6c4c-5cc4sc5cc(-c7c8ccccc8c(-c8cccc9ccccc89)c8ccccc78)ccc5c46)c4ccccc34)cccc2c1. The van der Waals surface area contributed by atoms with Gasteiger partial charge in [0.05, 0.1) is 0 Å². The fourth-order valence-electron chi connectivity index (χ4n) is 12.6. The van der Waals surface area contributed by atoms with Gasteiger partial charge in [-0.3, -0.25) is 0 Å². The van der Waals surface area contributed by atoms with E-state index in [1.807, 2.05) is 23.1 Å². The Kier molecular flexibility index (Phi) is 8.65. The van der Waals surface area contributed by atoms with Gasteiger partial charge in [0, 0.05) is 35.3 Å². The van der Waals surface area contributed by atoms with Gasteiger partial charge >= 0.3 is 0 Å². The Morgan fingerprint density at radius 3 is 1.19 bits per heavy atom. The minimum absolute atomic E-state index is 1.24. The van der Waals surface area contributed by atoms with E-state index >= 15 is 0 Å². The van der Waals surface area contributed by atoms with Gasteiger partial charge in [0.25, 0.3) is 0 Å². The molecule has 0 saturated carbocycles. The lowest BCUT2D eigenvalue weighted by Crippen LogP contribution is -1.95. The van der Waals surface area contributed by atoms with E-state index in [9.17, 15) is 0 Å². The zero-order valence-corrected chi connectivity index (χ0v) is 40.5. The lowest BCUT2D eigenvalue weighted by atomic mass is 9.84. The summed E-state index contributed by atoms with van der Waals surface area (Å²) in [6, 6.07) is 91.1. The number of fused-ring (bicyclic) bond motifs is 12. The molecule has 0 spiro atoms. The van der Waals surface area contributed by atoms with Gasteiger partial charge in [0.15, 0.2) is 0 Å². The molecule has 1 aliphatic rings. The molecule has 0 nitrogen and oxygen atoms in total. The molecular weight excluding hydrogens is 905 g/mol. The van der Waals surface area contributed by atoms with Crippen LogP contribution in [0.1, 0.15) is 0 Å². The Labute approximate surface area is 424 Å². The predicted octanol–water partition coefficient (Wildman–Crippen LogP) is 20.9. The van der Waals surface area contributed by atoms with Gasteiger partial charge < -0.3 is 0 Å². The van der Waals surface area contributed by atoms with Crippen LogP contribution in [0.4, 0.5) is 0 Å². The molecule has 0 saturated heterocycles. The van der Waals surface area contributed by atoms with Gasteiger partial charge in [-0.1, -0.05) is 230 Å². The van der Waals surface area contributed by atoms with Crippen molar-refractivity contribution in [1.82, 2.24) is 0 Å². The molecule has 0 bridgehead atoms. The van der Waals surface area contributed by atoms with Crippen LogP contribution in [0.5, 0.6) is 0 Å². The maximum absolute atomic E-state index is 2.50. The lowest BCUT2D eigenvalue weighted by Gasteiger charge is -2.23. The van der Waals surface area contributed by atoms with E-state index in [0.717, 1.165) is 0 Å². The van der Waals surface area contributed by atoms with Crippen molar-refractivity contribution in [1.29, 1.82) is 0 Å². The molecule has 0 atom stereocenters. The van der Waals surface area contributed by atoms with Crippen LogP contribution in [0.3, 0.4) is 0 Å². The number of thiophene rings is 1. The van der Waals surface area contributed by atoms with Gasteiger partial charge in [0.2, 0.25) is 0 Å². The van der Waals surface area contributed by atoms with Gasteiger partial charge in [-0.2, -0.15) is 0 Å². The normalized spacial score (nSPS) is 12.4. The van der Waals surface area contributed by atoms with Crippen LogP contribution in [0.25, 0.3) is 151 Å². The summed E-state index contributed by atoms with van der Waals surface area (Å²) in [4.78, 5) is 2.61. The maximum atomic E-state index is 2.50. The first-order valence-electron chi connectivity index (χ1n) is 24.8. The van der Waals surface area contributed by atoms with Crippen molar-refractivity contribution in [3.63, 3.8) is 0 Å². The third kappa shape index (κ3) is 5.76. The molecule has 0 amide bonds. The van der Waals surface area contributed by atoms with Crippen molar-refractivity contribution in [3.05, 3.63) is 243 Å². The first-order valence-corrected chi connectivity index (χ1v) is 26.4. The molecule has 16 rings (SSSR count). The molecule has 2 heteroatoms. The topological polar surface area (TPSA) is 0 Å². The van der Waals surface area contributed by atoms with Crippen molar-refractivity contribution in [2.75, 3.05) is 0 Å². The van der Waals surface area contributed by atoms with Crippen LogP contribution in [0.2, 0.25) is 0 Å². The molecule has 15 aromatic rings. The number of rotatable bonds is 4. The molecular formula is C70H40S2. The van der Waals surface area contributed by atoms with Gasteiger partial charge in [-0.25, -0.2) is 0 Å². The summed E-state index contributed by atoms with van der Waals surface area (Å²) >= 11 is 3.85. The first-order chi connectivity index (χ1) is 35.7. The van der Waals surface area contributed by atoms with Crippen LogP contribution in [0.15, 0.2) is 252 Å². The van der Waals surface area contributed by atoms with Gasteiger partial charge in [-0.05, 0) is 150 Å². The molecule has 0 aliphatic carbocycles. The highest BCUT2D eigenvalue weighted by molar-refractivity contribution is 7.99. The third-order valence-corrected chi connectivity index (χ3v) is 17.8. The molecule has 1 aromatic heterocycles. The largest absolute Gasteiger partial charge is 0.135 e. The van der Waals surface area contributed by atoms with Crippen LogP contribution in [0, 0.1) is 0 Å². The van der Waals surface area contributed by atoms with Crippen LogP contribution in [-0.2, 0) is 0 Å². The summed E-state index contributed by atoms with van der Waals surface area (Å²) in [6.45, 7) is 0. The van der Waals surface area contributed by atoms with E-state index in [1.165, 1.54) is 161 Å². The summed E-state index contributed by atoms with van der Waals surface area (Å²) < 4.78 is 2.64. The van der Waals surface area contributed by atoms with E-state index in [0.29, 0.717) is 0 Å². The highest BCUT2D eigenvalue weighted by Gasteiger charge is 2.26. The minimum atomic E-state index is 1.24. The summed E-state index contributed by atoms with van der Waals surface area (Å²) in [5.41, 5.74) is 12.8. The van der Waals surface area contributed by atoms with E-state index in [4.69, 9.17) is 0 Å². The Bertz CT molecular complexity index is 4720. The van der Waals surface area contributed by atoms with Gasteiger partial charge in [0.1, 0.15) is 0 Å². The maximum Gasteiger partial charge on any atom is 0.0368 e. The standard InChI is InChI=1S/C70H40S2/c1-3-20-45-41(16-1)18-13-30-48(45)67-54-26-9-5-22-50(54)65(51-23-6-10-27-55(51)67)43-34-36-47-60-40-64-69(59-32-15-33-61(70(59)60)71-62(47)38-43)58-37-35-44(39-63(58)72-64)66-52-24-7-11-28-56(52)68(57-29-12-8-25-53(57)66)49-31-14-19-42-17-2-4-21-46(42)49/h1-40H. The first kappa shape index (κ1) is 40.2. The fourth-order valence-corrected chi connectivity index (χ4v) is 15.0. The van der Waals surface area contributed by atoms with Crippen LogP contribution >= 0.6 is 23.1 Å². The highest BCUT2D eigenvalue weighted by Crippen LogP contribution is 2.55. The average Bonchev–Trinajstić information content (AvgIpc) is 3.81.